The van der Waals surface area contributed by atoms with Crippen LogP contribution in [0.1, 0.15) is 17.3 Å². The van der Waals surface area contributed by atoms with Crippen molar-refractivity contribution in [2.45, 2.75) is 18.3 Å². The molecule has 2 atom stereocenters. The molecule has 1 aliphatic heterocycles. The minimum atomic E-state index is -0.892. The van der Waals surface area contributed by atoms with E-state index in [1.165, 1.54) is 18.7 Å². The van der Waals surface area contributed by atoms with Crippen molar-refractivity contribution in [2.75, 3.05) is 29.6 Å². The molecule has 5 N–H and O–H groups in total. The van der Waals surface area contributed by atoms with Crippen LogP contribution >= 0.6 is 11.8 Å². The third kappa shape index (κ3) is 5.76. The molecule has 2 unspecified atom stereocenters. The van der Waals surface area contributed by atoms with Gasteiger partial charge in [-0.2, -0.15) is 0 Å². The zero-order valence-electron chi connectivity index (χ0n) is 17.4. The topological polar surface area (TPSA) is 129 Å². The van der Waals surface area contributed by atoms with Gasteiger partial charge in [0.1, 0.15) is 5.37 Å². The maximum Gasteiger partial charge on any atom is 0.252 e. The van der Waals surface area contributed by atoms with Crippen LogP contribution in [0.2, 0.25) is 0 Å². The van der Waals surface area contributed by atoms with E-state index in [1.54, 1.807) is 24.3 Å². The Balaban J connectivity index is 1.65. The quantitative estimate of drug-likeness (QED) is 0.542. The maximum absolute atomic E-state index is 12.6. The molecule has 3 amide bonds. The third-order valence-electron chi connectivity index (χ3n) is 4.45. The summed E-state index contributed by atoms with van der Waals surface area (Å²) in [5.74, 6) is -1.19. The van der Waals surface area contributed by atoms with Gasteiger partial charge in [-0.15, -0.1) is 0 Å². The van der Waals surface area contributed by atoms with Crippen molar-refractivity contribution < 1.29 is 14.4 Å². The van der Waals surface area contributed by atoms with Gasteiger partial charge in [0.05, 0.1) is 0 Å². The van der Waals surface area contributed by atoms with Gasteiger partial charge in [0.2, 0.25) is 11.8 Å². The number of amidine groups is 1. The normalized spacial score (nSPS) is 17.5. The Morgan fingerprint density at radius 3 is 2.16 bits per heavy atom. The summed E-state index contributed by atoms with van der Waals surface area (Å²) in [6.07, 6.45) is 0. The summed E-state index contributed by atoms with van der Waals surface area (Å²) >= 11 is 1.23. The van der Waals surface area contributed by atoms with Crippen LogP contribution in [0.5, 0.6) is 0 Å². The van der Waals surface area contributed by atoms with Crippen molar-refractivity contribution in [1.82, 2.24) is 5.32 Å². The van der Waals surface area contributed by atoms with Crippen LogP contribution in [0.25, 0.3) is 0 Å². The second kappa shape index (κ2) is 9.52. The van der Waals surface area contributed by atoms with E-state index in [2.05, 4.69) is 20.9 Å². The molecular formula is C21H24N6O3S. The van der Waals surface area contributed by atoms with Gasteiger partial charge in [-0.3, -0.25) is 14.4 Å². The number of benzene rings is 2. The fourth-order valence-electron chi connectivity index (χ4n) is 2.88. The van der Waals surface area contributed by atoms with Crippen molar-refractivity contribution >= 4 is 51.7 Å². The van der Waals surface area contributed by atoms with E-state index in [4.69, 9.17) is 5.73 Å². The van der Waals surface area contributed by atoms with Crippen molar-refractivity contribution in [3.8, 4) is 0 Å². The van der Waals surface area contributed by atoms with E-state index >= 15 is 0 Å². The largest absolute Gasteiger partial charge is 0.378 e. The molecule has 2 aromatic rings. The number of hydrogen-bond donors (Lipinski definition) is 4. The zero-order chi connectivity index (χ0) is 22.5. The van der Waals surface area contributed by atoms with Crippen LogP contribution in [0, 0.1) is 0 Å². The molecule has 0 spiro atoms. The molecule has 31 heavy (non-hydrogen) atoms. The van der Waals surface area contributed by atoms with E-state index in [-0.39, 0.29) is 11.8 Å². The summed E-state index contributed by atoms with van der Waals surface area (Å²) in [5, 5.41) is 8.45. The minimum absolute atomic E-state index is 0.197. The van der Waals surface area contributed by atoms with Gasteiger partial charge in [-0.05, 0) is 48.5 Å². The number of thioether (sulfide) groups is 1. The molecule has 10 heteroatoms. The highest BCUT2D eigenvalue weighted by Crippen LogP contribution is 2.27. The predicted molar refractivity (Wildman–Crippen MR) is 124 cm³/mol. The summed E-state index contributed by atoms with van der Waals surface area (Å²) in [6.45, 7) is 1.41. The van der Waals surface area contributed by atoms with Gasteiger partial charge < -0.3 is 26.6 Å². The number of primary amides is 1. The van der Waals surface area contributed by atoms with E-state index in [0.29, 0.717) is 16.4 Å². The predicted octanol–water partition coefficient (Wildman–Crippen LogP) is 1.84. The summed E-state index contributed by atoms with van der Waals surface area (Å²) in [5.41, 5.74) is 8.33. The Labute approximate surface area is 184 Å². The Kier molecular flexibility index (Phi) is 6.81. The highest BCUT2D eigenvalue weighted by molar-refractivity contribution is 8.15. The molecule has 9 nitrogen and oxygen atoms in total. The molecule has 0 saturated heterocycles. The van der Waals surface area contributed by atoms with Crippen LogP contribution in [0.4, 0.5) is 17.1 Å². The van der Waals surface area contributed by atoms with Gasteiger partial charge in [0, 0.05) is 43.6 Å². The van der Waals surface area contributed by atoms with Gasteiger partial charge in [0.15, 0.2) is 11.2 Å². The Morgan fingerprint density at radius 1 is 1.00 bits per heavy atom. The standard InChI is InChI=1S/C21H24N6O3S/c1-12(28)23-14-6-4-13(5-7-14)19(30)26-20-17(18(22)29)25-21(31-20)24-15-8-10-16(11-9-15)27(2)3/h4-11,17,20H,1-3H3,(H2,22,29)(H,23,28)(H,24,25)(H,26,30). The number of carbonyl (C=O) groups excluding carboxylic acids is 3. The summed E-state index contributed by atoms with van der Waals surface area (Å²) in [4.78, 5) is 41.9. The van der Waals surface area contributed by atoms with Gasteiger partial charge >= 0.3 is 0 Å². The smallest absolute Gasteiger partial charge is 0.252 e. The number of nitrogens with zero attached hydrogens (tertiary/aromatic N) is 2. The highest BCUT2D eigenvalue weighted by Gasteiger charge is 2.35. The van der Waals surface area contributed by atoms with Crippen LogP contribution in [-0.4, -0.2) is 48.4 Å². The molecule has 0 saturated carbocycles. The molecule has 3 rings (SSSR count). The number of aliphatic imine (C=N–C) groups is 1. The molecule has 1 aliphatic rings. The molecule has 0 radical (unpaired) electrons. The SMILES string of the molecule is CC(=O)Nc1ccc(C(=O)NC2SC(Nc3ccc(N(C)C)cc3)=NC2C(N)=O)cc1. The van der Waals surface area contributed by atoms with Crippen LogP contribution in [-0.2, 0) is 9.59 Å². The van der Waals surface area contributed by atoms with Crippen LogP contribution in [0.3, 0.4) is 0 Å². The molecule has 0 aromatic heterocycles. The second-order valence-corrected chi connectivity index (χ2v) is 8.25. The first-order valence-electron chi connectivity index (χ1n) is 9.49. The highest BCUT2D eigenvalue weighted by atomic mass is 32.2. The molecule has 0 aliphatic carbocycles. The van der Waals surface area contributed by atoms with Gasteiger partial charge in [-0.1, -0.05) is 11.8 Å². The van der Waals surface area contributed by atoms with E-state index < -0.39 is 17.3 Å². The lowest BCUT2D eigenvalue weighted by Crippen LogP contribution is -2.44. The molecule has 2 aromatic carbocycles. The molecular weight excluding hydrogens is 416 g/mol. The average Bonchev–Trinajstić information content (AvgIpc) is 3.11. The van der Waals surface area contributed by atoms with Crippen molar-refractivity contribution in [3.63, 3.8) is 0 Å². The lowest BCUT2D eigenvalue weighted by Gasteiger charge is -2.16. The molecule has 162 valence electrons. The number of rotatable bonds is 6. The number of amides is 3. The van der Waals surface area contributed by atoms with E-state index in [9.17, 15) is 14.4 Å². The second-order valence-electron chi connectivity index (χ2n) is 7.12. The first-order valence-corrected chi connectivity index (χ1v) is 10.4. The monoisotopic (exact) mass is 440 g/mol. The zero-order valence-corrected chi connectivity index (χ0v) is 18.2. The first-order chi connectivity index (χ1) is 14.7. The fraction of sp³-hybridized carbons (Fsp3) is 0.238. The Morgan fingerprint density at radius 2 is 1.61 bits per heavy atom. The van der Waals surface area contributed by atoms with E-state index in [0.717, 1.165) is 11.4 Å². The van der Waals surface area contributed by atoms with E-state index in [1.807, 2.05) is 43.3 Å². The van der Waals surface area contributed by atoms with Gasteiger partial charge in [0.25, 0.3) is 5.91 Å². The number of anilines is 3. The first kappa shape index (κ1) is 22.2. The maximum atomic E-state index is 12.6. The number of nitrogens with two attached hydrogens (primary N) is 1. The minimum Gasteiger partial charge on any atom is -0.378 e. The van der Waals surface area contributed by atoms with Gasteiger partial charge in [-0.25, -0.2) is 4.99 Å². The number of hydrogen-bond acceptors (Lipinski definition) is 7. The summed E-state index contributed by atoms with van der Waals surface area (Å²) < 4.78 is 0. The van der Waals surface area contributed by atoms with Crippen LogP contribution < -0.4 is 26.6 Å². The lowest BCUT2D eigenvalue weighted by molar-refractivity contribution is -0.119. The summed E-state index contributed by atoms with van der Waals surface area (Å²) in [6, 6.07) is 13.3. The molecule has 1 heterocycles. The van der Waals surface area contributed by atoms with Crippen molar-refractivity contribution in [1.29, 1.82) is 0 Å². The Bertz CT molecular complexity index is 1000. The van der Waals surface area contributed by atoms with Crippen LogP contribution in [0.15, 0.2) is 53.5 Å². The number of carbonyl (C=O) groups is 3. The summed E-state index contributed by atoms with van der Waals surface area (Å²) in [7, 11) is 3.91. The fourth-order valence-corrected chi connectivity index (χ4v) is 3.96. The number of nitrogens with one attached hydrogen (secondary N) is 3. The van der Waals surface area contributed by atoms with Crippen molar-refractivity contribution in [3.05, 3.63) is 54.1 Å². The molecule has 0 fully saturated rings. The lowest BCUT2D eigenvalue weighted by atomic mass is 10.2. The van der Waals surface area contributed by atoms with Crippen molar-refractivity contribution in [2.24, 2.45) is 10.7 Å². The molecule has 0 bridgehead atoms. The average molecular weight is 441 g/mol. The Hall–Kier alpha value is -3.53. The third-order valence-corrected chi connectivity index (χ3v) is 5.51.